The molecular weight excluding hydrogens is 275 g/mol. The molecule has 5 heteroatoms. The van der Waals surface area contributed by atoms with Gasteiger partial charge >= 0.3 is 0 Å². The van der Waals surface area contributed by atoms with E-state index in [1.807, 2.05) is 11.4 Å². The van der Waals surface area contributed by atoms with Gasteiger partial charge in [-0.2, -0.15) is 0 Å². The van der Waals surface area contributed by atoms with Crippen molar-refractivity contribution in [1.29, 1.82) is 0 Å². The van der Waals surface area contributed by atoms with Crippen molar-refractivity contribution in [3.05, 3.63) is 51.0 Å². The number of fused-ring (bicyclic) bond motifs is 1. The molecule has 0 saturated carbocycles. The van der Waals surface area contributed by atoms with E-state index in [0.717, 1.165) is 12.0 Å². The maximum absolute atomic E-state index is 14.1. The van der Waals surface area contributed by atoms with Gasteiger partial charge in [-0.25, -0.2) is 4.39 Å². The Morgan fingerprint density at radius 1 is 1.45 bits per heavy atom. The lowest BCUT2D eigenvalue weighted by Gasteiger charge is -2.27. The summed E-state index contributed by atoms with van der Waals surface area (Å²) in [5, 5.41) is 2.03. The number of amides is 1. The first kappa shape index (κ1) is 13.1. The second-order valence-corrected chi connectivity index (χ2v) is 6.05. The van der Waals surface area contributed by atoms with Crippen molar-refractivity contribution in [2.24, 2.45) is 0 Å². The molecular formula is C15H15FN2OS. The van der Waals surface area contributed by atoms with Gasteiger partial charge in [0.2, 0.25) is 0 Å². The lowest BCUT2D eigenvalue weighted by molar-refractivity contribution is 0.0731. The molecule has 0 unspecified atom stereocenters. The highest BCUT2D eigenvalue weighted by Gasteiger charge is 2.25. The molecule has 104 valence electrons. The molecule has 2 N–H and O–H groups in total. The monoisotopic (exact) mass is 290 g/mol. The summed E-state index contributed by atoms with van der Waals surface area (Å²) in [7, 11) is 0. The SMILES string of the molecule is Cc1cc(N)cc(C(=O)N2CCc3sccc3C2)c1F. The number of aryl methyl sites for hydroxylation is 1. The second kappa shape index (κ2) is 4.90. The molecule has 1 aliphatic rings. The van der Waals surface area contributed by atoms with Gasteiger partial charge in [0, 0.05) is 23.7 Å². The Balaban J connectivity index is 1.91. The van der Waals surface area contributed by atoms with Gasteiger partial charge < -0.3 is 10.6 Å². The first-order valence-electron chi connectivity index (χ1n) is 6.46. The van der Waals surface area contributed by atoms with Crippen LogP contribution in [0.4, 0.5) is 10.1 Å². The van der Waals surface area contributed by atoms with E-state index in [4.69, 9.17) is 5.73 Å². The van der Waals surface area contributed by atoms with Crippen LogP contribution in [0.1, 0.15) is 26.4 Å². The highest BCUT2D eigenvalue weighted by Crippen LogP contribution is 2.26. The lowest BCUT2D eigenvalue weighted by atomic mass is 10.1. The van der Waals surface area contributed by atoms with E-state index in [2.05, 4.69) is 0 Å². The fourth-order valence-electron chi connectivity index (χ4n) is 2.55. The molecule has 2 aromatic rings. The Labute approximate surface area is 120 Å². The molecule has 0 saturated heterocycles. The summed E-state index contributed by atoms with van der Waals surface area (Å²) in [5.41, 5.74) is 7.77. The van der Waals surface area contributed by atoms with Crippen molar-refractivity contribution >= 4 is 22.9 Å². The van der Waals surface area contributed by atoms with Crippen molar-refractivity contribution in [2.75, 3.05) is 12.3 Å². The maximum Gasteiger partial charge on any atom is 0.257 e. The summed E-state index contributed by atoms with van der Waals surface area (Å²) in [6.45, 7) is 2.79. The molecule has 0 bridgehead atoms. The Hall–Kier alpha value is -1.88. The Bertz CT molecular complexity index is 681. The van der Waals surface area contributed by atoms with Crippen molar-refractivity contribution < 1.29 is 9.18 Å². The molecule has 0 fully saturated rings. The van der Waals surface area contributed by atoms with Crippen LogP contribution in [0.5, 0.6) is 0 Å². The van der Waals surface area contributed by atoms with Gasteiger partial charge in [0.05, 0.1) is 5.56 Å². The van der Waals surface area contributed by atoms with E-state index in [1.165, 1.54) is 10.9 Å². The zero-order chi connectivity index (χ0) is 14.3. The van der Waals surface area contributed by atoms with Crippen LogP contribution in [0.2, 0.25) is 0 Å². The number of benzene rings is 1. The molecule has 3 rings (SSSR count). The minimum atomic E-state index is -0.472. The summed E-state index contributed by atoms with van der Waals surface area (Å²) in [6.07, 6.45) is 0.835. The summed E-state index contributed by atoms with van der Waals surface area (Å²) >= 11 is 1.71. The first-order chi connectivity index (χ1) is 9.56. The number of carbonyl (C=O) groups is 1. The van der Waals surface area contributed by atoms with Gasteiger partial charge in [0.1, 0.15) is 5.82 Å². The summed E-state index contributed by atoms with van der Waals surface area (Å²) < 4.78 is 14.1. The maximum atomic E-state index is 14.1. The quantitative estimate of drug-likeness (QED) is 0.821. The summed E-state index contributed by atoms with van der Waals surface area (Å²) in [6, 6.07) is 4.99. The van der Waals surface area contributed by atoms with Crippen molar-refractivity contribution in [1.82, 2.24) is 4.90 Å². The van der Waals surface area contributed by atoms with Crippen LogP contribution in [-0.4, -0.2) is 17.4 Å². The van der Waals surface area contributed by atoms with E-state index >= 15 is 0 Å². The van der Waals surface area contributed by atoms with E-state index in [-0.39, 0.29) is 11.5 Å². The fourth-order valence-corrected chi connectivity index (χ4v) is 3.43. The van der Waals surface area contributed by atoms with Crippen LogP contribution in [0.15, 0.2) is 23.6 Å². The number of thiophene rings is 1. The third kappa shape index (κ3) is 2.18. The van der Waals surface area contributed by atoms with Gasteiger partial charge in [-0.15, -0.1) is 11.3 Å². The average molecular weight is 290 g/mol. The molecule has 0 spiro atoms. The van der Waals surface area contributed by atoms with E-state index in [9.17, 15) is 9.18 Å². The van der Waals surface area contributed by atoms with Crippen LogP contribution in [0.25, 0.3) is 0 Å². The van der Waals surface area contributed by atoms with Crippen molar-refractivity contribution in [3.63, 3.8) is 0 Å². The third-order valence-electron chi connectivity index (χ3n) is 3.60. The fraction of sp³-hybridized carbons (Fsp3) is 0.267. The third-order valence-corrected chi connectivity index (χ3v) is 4.63. The number of hydrogen-bond acceptors (Lipinski definition) is 3. The van der Waals surface area contributed by atoms with E-state index < -0.39 is 5.82 Å². The smallest absolute Gasteiger partial charge is 0.257 e. The Morgan fingerprint density at radius 3 is 3.05 bits per heavy atom. The molecule has 0 atom stereocenters. The van der Waals surface area contributed by atoms with Gasteiger partial charge in [-0.1, -0.05) is 0 Å². The topological polar surface area (TPSA) is 46.3 Å². The molecule has 1 amide bonds. The predicted octanol–water partition coefficient (Wildman–Crippen LogP) is 2.98. The molecule has 3 nitrogen and oxygen atoms in total. The molecule has 0 radical (unpaired) electrons. The number of anilines is 1. The van der Waals surface area contributed by atoms with Crippen molar-refractivity contribution in [2.45, 2.75) is 19.9 Å². The molecule has 2 heterocycles. The van der Waals surface area contributed by atoms with Gasteiger partial charge in [-0.3, -0.25) is 4.79 Å². The minimum absolute atomic E-state index is 0.0705. The zero-order valence-corrected chi connectivity index (χ0v) is 12.0. The van der Waals surface area contributed by atoms with Gasteiger partial charge in [0.15, 0.2) is 0 Å². The number of carbonyl (C=O) groups excluding carboxylic acids is 1. The zero-order valence-electron chi connectivity index (χ0n) is 11.1. The minimum Gasteiger partial charge on any atom is -0.399 e. The molecule has 0 aliphatic carbocycles. The van der Waals surface area contributed by atoms with Crippen LogP contribution in [-0.2, 0) is 13.0 Å². The summed E-state index contributed by atoms with van der Waals surface area (Å²) in [5.74, 6) is -0.755. The molecule has 1 aromatic carbocycles. The van der Waals surface area contributed by atoms with E-state index in [1.54, 1.807) is 29.2 Å². The van der Waals surface area contributed by atoms with Gasteiger partial charge in [-0.05, 0) is 48.1 Å². The normalized spacial score (nSPS) is 14.2. The van der Waals surface area contributed by atoms with Crippen molar-refractivity contribution in [3.8, 4) is 0 Å². The second-order valence-electron chi connectivity index (χ2n) is 5.05. The summed E-state index contributed by atoms with van der Waals surface area (Å²) in [4.78, 5) is 15.5. The Morgan fingerprint density at radius 2 is 2.25 bits per heavy atom. The number of nitrogens with two attached hydrogens (primary N) is 1. The highest BCUT2D eigenvalue weighted by molar-refractivity contribution is 7.10. The number of nitrogens with zero attached hydrogens (tertiary/aromatic N) is 1. The standard InChI is InChI=1S/C15H15FN2OS/c1-9-6-11(17)7-12(14(9)16)15(19)18-4-2-13-10(8-18)3-5-20-13/h3,5-7H,2,4,8,17H2,1H3. The first-order valence-corrected chi connectivity index (χ1v) is 7.34. The molecule has 1 aromatic heterocycles. The van der Waals surface area contributed by atoms with E-state index in [0.29, 0.717) is 24.3 Å². The van der Waals surface area contributed by atoms with Crippen LogP contribution in [0, 0.1) is 12.7 Å². The number of rotatable bonds is 1. The molecule has 1 aliphatic heterocycles. The van der Waals surface area contributed by atoms with Crippen LogP contribution >= 0.6 is 11.3 Å². The van der Waals surface area contributed by atoms with Crippen LogP contribution < -0.4 is 5.73 Å². The number of halogens is 1. The molecule has 20 heavy (non-hydrogen) atoms. The number of nitrogen functional groups attached to an aromatic ring is 1. The predicted molar refractivity (Wildman–Crippen MR) is 78.3 cm³/mol. The van der Waals surface area contributed by atoms with Crippen LogP contribution in [0.3, 0.4) is 0 Å². The number of hydrogen-bond donors (Lipinski definition) is 1. The highest BCUT2D eigenvalue weighted by atomic mass is 32.1. The lowest BCUT2D eigenvalue weighted by Crippen LogP contribution is -2.36. The average Bonchev–Trinajstić information content (AvgIpc) is 2.89. The Kier molecular flexibility index (Phi) is 3.22. The largest absolute Gasteiger partial charge is 0.399 e. The van der Waals surface area contributed by atoms with Gasteiger partial charge in [0.25, 0.3) is 5.91 Å².